The van der Waals surface area contributed by atoms with E-state index in [1.165, 1.54) is 13.3 Å². The van der Waals surface area contributed by atoms with Crippen molar-refractivity contribution >= 4 is 5.97 Å². The number of nitrogens with zero attached hydrogens (tertiary/aromatic N) is 3. The standard InChI is InChI=1S/C12H13N3O2/c1-10(16)17-12(7-15-9-13-8-14-15)11-5-3-2-4-6-11/h2-6,8-9,12H,7H2,1H3. The minimum Gasteiger partial charge on any atom is -0.456 e. The molecule has 88 valence electrons. The van der Waals surface area contributed by atoms with E-state index in [0.717, 1.165) is 5.56 Å². The van der Waals surface area contributed by atoms with E-state index in [-0.39, 0.29) is 12.1 Å². The molecule has 0 aliphatic rings. The number of ether oxygens (including phenoxy) is 1. The monoisotopic (exact) mass is 231 g/mol. The smallest absolute Gasteiger partial charge is 0.303 e. The molecule has 0 saturated heterocycles. The Morgan fingerprint density at radius 2 is 2.18 bits per heavy atom. The number of hydrogen-bond donors (Lipinski definition) is 0. The Hall–Kier alpha value is -2.17. The van der Waals surface area contributed by atoms with Crippen LogP contribution in [-0.2, 0) is 16.1 Å². The Kier molecular flexibility index (Phi) is 3.49. The van der Waals surface area contributed by atoms with Gasteiger partial charge in [-0.2, -0.15) is 5.10 Å². The predicted octanol–water partition coefficient (Wildman–Crippen LogP) is 1.58. The lowest BCUT2D eigenvalue weighted by molar-refractivity contribution is -0.147. The second-order valence-electron chi connectivity index (χ2n) is 3.63. The molecule has 1 atom stereocenters. The van der Waals surface area contributed by atoms with Crippen LogP contribution in [0.2, 0.25) is 0 Å². The van der Waals surface area contributed by atoms with Crippen LogP contribution in [0.15, 0.2) is 43.0 Å². The largest absolute Gasteiger partial charge is 0.456 e. The summed E-state index contributed by atoms with van der Waals surface area (Å²) in [5.74, 6) is -0.307. The molecule has 2 rings (SSSR count). The van der Waals surface area contributed by atoms with E-state index in [1.54, 1.807) is 11.0 Å². The van der Waals surface area contributed by atoms with E-state index in [9.17, 15) is 4.79 Å². The second kappa shape index (κ2) is 5.25. The van der Waals surface area contributed by atoms with Gasteiger partial charge in [0.1, 0.15) is 18.8 Å². The Morgan fingerprint density at radius 1 is 1.41 bits per heavy atom. The molecule has 0 radical (unpaired) electrons. The topological polar surface area (TPSA) is 57.0 Å². The van der Waals surface area contributed by atoms with Crippen LogP contribution in [0.3, 0.4) is 0 Å². The molecule has 5 heteroatoms. The van der Waals surface area contributed by atoms with Gasteiger partial charge in [0, 0.05) is 6.92 Å². The first-order valence-electron chi connectivity index (χ1n) is 5.30. The first-order valence-corrected chi connectivity index (χ1v) is 5.30. The molecule has 1 heterocycles. The van der Waals surface area contributed by atoms with E-state index < -0.39 is 0 Å². The molecule has 0 aliphatic heterocycles. The highest BCUT2D eigenvalue weighted by Gasteiger charge is 2.15. The maximum atomic E-state index is 11.1. The second-order valence-corrected chi connectivity index (χ2v) is 3.63. The summed E-state index contributed by atoms with van der Waals surface area (Å²) in [6.45, 7) is 1.86. The number of carbonyl (C=O) groups excluding carboxylic acids is 1. The minimum absolute atomic E-state index is 0.307. The molecule has 0 bridgehead atoms. The SMILES string of the molecule is CC(=O)OC(Cn1cncn1)c1ccccc1. The van der Waals surface area contributed by atoms with Crippen LogP contribution in [-0.4, -0.2) is 20.7 Å². The zero-order valence-corrected chi connectivity index (χ0v) is 9.48. The van der Waals surface area contributed by atoms with Crippen LogP contribution < -0.4 is 0 Å². The fourth-order valence-corrected chi connectivity index (χ4v) is 1.58. The molecule has 1 aromatic carbocycles. The molecule has 0 amide bonds. The Labute approximate surface area is 99.1 Å². The van der Waals surface area contributed by atoms with E-state index in [4.69, 9.17) is 4.74 Å². The minimum atomic E-state index is -0.338. The highest BCUT2D eigenvalue weighted by atomic mass is 16.5. The summed E-state index contributed by atoms with van der Waals surface area (Å²) in [7, 11) is 0. The third-order valence-corrected chi connectivity index (χ3v) is 2.30. The zero-order chi connectivity index (χ0) is 12.1. The number of benzene rings is 1. The molecule has 0 aliphatic carbocycles. The molecule has 0 fully saturated rings. The summed E-state index contributed by atoms with van der Waals surface area (Å²) >= 11 is 0. The van der Waals surface area contributed by atoms with Crippen molar-refractivity contribution in [3.8, 4) is 0 Å². The maximum Gasteiger partial charge on any atom is 0.303 e. The molecule has 0 saturated carbocycles. The van der Waals surface area contributed by atoms with Crippen LogP contribution in [0.25, 0.3) is 0 Å². The summed E-state index contributed by atoms with van der Waals surface area (Å²) in [5, 5.41) is 4.00. The average Bonchev–Trinajstić information content (AvgIpc) is 2.82. The summed E-state index contributed by atoms with van der Waals surface area (Å²) in [6.07, 6.45) is 2.71. The van der Waals surface area contributed by atoms with Gasteiger partial charge in [0.15, 0.2) is 0 Å². The van der Waals surface area contributed by atoms with Crippen LogP contribution >= 0.6 is 0 Å². The van der Waals surface area contributed by atoms with Crippen molar-refractivity contribution in [3.63, 3.8) is 0 Å². The van der Waals surface area contributed by atoms with Crippen LogP contribution in [0, 0.1) is 0 Å². The fourth-order valence-electron chi connectivity index (χ4n) is 1.58. The molecule has 2 aromatic rings. The van der Waals surface area contributed by atoms with Gasteiger partial charge in [0.05, 0.1) is 6.54 Å². The van der Waals surface area contributed by atoms with Crippen LogP contribution in [0.1, 0.15) is 18.6 Å². The van der Waals surface area contributed by atoms with Crippen molar-refractivity contribution in [3.05, 3.63) is 48.5 Å². The maximum absolute atomic E-state index is 11.1. The van der Waals surface area contributed by atoms with E-state index in [1.807, 2.05) is 30.3 Å². The van der Waals surface area contributed by atoms with Crippen molar-refractivity contribution in [2.24, 2.45) is 0 Å². The van der Waals surface area contributed by atoms with Crippen LogP contribution in [0.4, 0.5) is 0 Å². The average molecular weight is 231 g/mol. The molecule has 17 heavy (non-hydrogen) atoms. The fraction of sp³-hybridized carbons (Fsp3) is 0.250. The Balaban J connectivity index is 2.16. The molecule has 0 N–H and O–H groups in total. The molecule has 0 spiro atoms. The molecule has 1 unspecified atom stereocenters. The van der Waals surface area contributed by atoms with Gasteiger partial charge >= 0.3 is 5.97 Å². The van der Waals surface area contributed by atoms with Gasteiger partial charge in [0.25, 0.3) is 0 Å². The van der Waals surface area contributed by atoms with Gasteiger partial charge in [-0.05, 0) is 5.56 Å². The van der Waals surface area contributed by atoms with Crippen molar-refractivity contribution in [2.75, 3.05) is 0 Å². The lowest BCUT2D eigenvalue weighted by Gasteiger charge is -2.17. The number of aromatic nitrogens is 3. The highest BCUT2D eigenvalue weighted by molar-refractivity contribution is 5.66. The van der Waals surface area contributed by atoms with E-state index in [2.05, 4.69) is 10.1 Å². The molecule has 5 nitrogen and oxygen atoms in total. The van der Waals surface area contributed by atoms with Gasteiger partial charge in [-0.3, -0.25) is 4.79 Å². The van der Waals surface area contributed by atoms with E-state index >= 15 is 0 Å². The summed E-state index contributed by atoms with van der Waals surface area (Å²) < 4.78 is 6.92. The quantitative estimate of drug-likeness (QED) is 0.750. The zero-order valence-electron chi connectivity index (χ0n) is 9.48. The van der Waals surface area contributed by atoms with Gasteiger partial charge in [0.2, 0.25) is 0 Å². The Morgan fingerprint density at radius 3 is 2.76 bits per heavy atom. The Bertz CT molecular complexity index is 468. The van der Waals surface area contributed by atoms with Crippen molar-refractivity contribution < 1.29 is 9.53 Å². The van der Waals surface area contributed by atoms with E-state index in [0.29, 0.717) is 6.54 Å². The highest BCUT2D eigenvalue weighted by Crippen LogP contribution is 2.18. The summed E-state index contributed by atoms with van der Waals surface area (Å²) in [4.78, 5) is 14.9. The number of esters is 1. The van der Waals surface area contributed by atoms with Gasteiger partial charge in [-0.1, -0.05) is 30.3 Å². The lowest BCUT2D eigenvalue weighted by atomic mass is 10.1. The first-order chi connectivity index (χ1) is 8.25. The summed E-state index contributed by atoms with van der Waals surface area (Å²) in [6, 6.07) is 9.58. The third kappa shape index (κ3) is 3.14. The van der Waals surface area contributed by atoms with Gasteiger partial charge in [-0.25, -0.2) is 9.67 Å². The van der Waals surface area contributed by atoms with Gasteiger partial charge < -0.3 is 4.74 Å². The number of hydrogen-bond acceptors (Lipinski definition) is 4. The van der Waals surface area contributed by atoms with Crippen molar-refractivity contribution in [1.82, 2.24) is 14.8 Å². The molecular weight excluding hydrogens is 218 g/mol. The lowest BCUT2D eigenvalue weighted by Crippen LogP contribution is -2.15. The van der Waals surface area contributed by atoms with Gasteiger partial charge in [-0.15, -0.1) is 0 Å². The van der Waals surface area contributed by atoms with Crippen LogP contribution in [0.5, 0.6) is 0 Å². The molecular formula is C12H13N3O2. The summed E-state index contributed by atoms with van der Waals surface area (Å²) in [5.41, 5.74) is 0.943. The third-order valence-electron chi connectivity index (χ3n) is 2.30. The predicted molar refractivity (Wildman–Crippen MR) is 61.0 cm³/mol. The van der Waals surface area contributed by atoms with Crippen molar-refractivity contribution in [2.45, 2.75) is 19.6 Å². The normalized spacial score (nSPS) is 12.1. The number of rotatable bonds is 4. The van der Waals surface area contributed by atoms with Crippen molar-refractivity contribution in [1.29, 1.82) is 0 Å². The molecule has 1 aromatic heterocycles. The first kappa shape index (κ1) is 11.3. The number of carbonyl (C=O) groups is 1.